The van der Waals surface area contributed by atoms with Crippen molar-refractivity contribution in [3.63, 3.8) is 0 Å². The van der Waals surface area contributed by atoms with Gasteiger partial charge in [-0.15, -0.1) is 0 Å². The predicted molar refractivity (Wildman–Crippen MR) is 102 cm³/mol. The number of hydrogen-bond acceptors (Lipinski definition) is 4. The average molecular weight is 378 g/mol. The van der Waals surface area contributed by atoms with E-state index in [-0.39, 0.29) is 11.8 Å². The minimum atomic E-state index is -0.419. The summed E-state index contributed by atoms with van der Waals surface area (Å²) in [5.74, 6) is 0.217. The Kier molecular flexibility index (Phi) is 4.65. The van der Waals surface area contributed by atoms with E-state index in [2.05, 4.69) is 15.5 Å². The molecule has 1 aliphatic heterocycles. The third-order valence-corrected chi connectivity index (χ3v) is 4.78. The largest absolute Gasteiger partial charge is 0.334 e. The second-order valence-electron chi connectivity index (χ2n) is 6.47. The van der Waals surface area contributed by atoms with Gasteiger partial charge < -0.3 is 9.84 Å². The first-order chi connectivity index (χ1) is 13.6. The Morgan fingerprint density at radius 3 is 2.68 bits per heavy atom. The number of amides is 2. The molecular weight excluding hydrogens is 359 g/mol. The second kappa shape index (κ2) is 7.26. The molecule has 1 unspecified atom stereocenters. The molecule has 1 aliphatic rings. The zero-order valence-electron chi connectivity index (χ0n) is 15.5. The molecule has 6 nitrogen and oxygen atoms in total. The predicted octanol–water partition coefficient (Wildman–Crippen LogP) is 4.39. The van der Waals surface area contributed by atoms with E-state index in [9.17, 15) is 9.18 Å². The van der Waals surface area contributed by atoms with E-state index in [0.717, 1.165) is 16.8 Å². The molecule has 0 spiro atoms. The van der Waals surface area contributed by atoms with Crippen molar-refractivity contribution in [1.82, 2.24) is 20.4 Å². The number of benzene rings is 2. The summed E-state index contributed by atoms with van der Waals surface area (Å²) in [4.78, 5) is 18.6. The lowest BCUT2D eigenvalue weighted by Crippen LogP contribution is -2.45. The van der Waals surface area contributed by atoms with Gasteiger partial charge >= 0.3 is 6.03 Å². The third-order valence-electron chi connectivity index (χ3n) is 4.78. The van der Waals surface area contributed by atoms with Gasteiger partial charge in [0.25, 0.3) is 5.89 Å². The SMILES string of the molecule is CCN1C(=O)NC(c2ccccc2)C(c2nc(-c3cccc(F)c3)no2)=C1C. The highest BCUT2D eigenvalue weighted by Crippen LogP contribution is 2.37. The molecule has 1 atom stereocenters. The molecule has 2 aromatic carbocycles. The zero-order chi connectivity index (χ0) is 19.7. The Morgan fingerprint density at radius 2 is 1.96 bits per heavy atom. The van der Waals surface area contributed by atoms with Crippen molar-refractivity contribution in [3.8, 4) is 11.4 Å². The summed E-state index contributed by atoms with van der Waals surface area (Å²) >= 11 is 0. The fourth-order valence-electron chi connectivity index (χ4n) is 3.41. The highest BCUT2D eigenvalue weighted by Gasteiger charge is 2.35. The number of nitrogens with one attached hydrogen (secondary N) is 1. The van der Waals surface area contributed by atoms with Crippen LogP contribution in [0.3, 0.4) is 0 Å². The van der Waals surface area contributed by atoms with Crippen LogP contribution in [0.5, 0.6) is 0 Å². The summed E-state index contributed by atoms with van der Waals surface area (Å²) in [5, 5.41) is 7.03. The Labute approximate surface area is 161 Å². The molecular formula is C21H19FN4O2. The average Bonchev–Trinajstić information content (AvgIpc) is 3.18. The first-order valence-corrected chi connectivity index (χ1v) is 9.02. The van der Waals surface area contributed by atoms with E-state index in [0.29, 0.717) is 23.8 Å². The van der Waals surface area contributed by atoms with Crippen LogP contribution in [0, 0.1) is 5.82 Å². The minimum Gasteiger partial charge on any atom is -0.334 e. The summed E-state index contributed by atoms with van der Waals surface area (Å²) in [6, 6.07) is 15.0. The van der Waals surface area contributed by atoms with Crippen LogP contribution in [0.15, 0.2) is 64.8 Å². The van der Waals surface area contributed by atoms with Crippen molar-refractivity contribution >= 4 is 11.6 Å². The Balaban J connectivity index is 1.82. The number of urea groups is 1. The lowest BCUT2D eigenvalue weighted by Gasteiger charge is -2.34. The van der Waals surface area contributed by atoms with E-state index < -0.39 is 6.04 Å². The van der Waals surface area contributed by atoms with Gasteiger partial charge in [0.2, 0.25) is 5.82 Å². The summed E-state index contributed by atoms with van der Waals surface area (Å²) in [6.45, 7) is 4.27. The maximum atomic E-state index is 13.6. The molecule has 0 bridgehead atoms. The van der Waals surface area contributed by atoms with E-state index >= 15 is 0 Å². The van der Waals surface area contributed by atoms with Crippen LogP contribution in [0.2, 0.25) is 0 Å². The number of carbonyl (C=O) groups excluding carboxylic acids is 1. The van der Waals surface area contributed by atoms with Crippen LogP contribution < -0.4 is 5.32 Å². The molecule has 7 heteroatoms. The van der Waals surface area contributed by atoms with Crippen LogP contribution in [-0.2, 0) is 0 Å². The molecule has 1 N–H and O–H groups in total. The standard InChI is InChI=1S/C21H19FN4O2/c1-3-26-13(2)17(18(23-21(26)27)14-8-5-4-6-9-14)20-24-19(25-28-20)15-10-7-11-16(22)12-15/h4-12,18H,3H2,1-2H3,(H,23,27). The third kappa shape index (κ3) is 3.15. The van der Waals surface area contributed by atoms with Gasteiger partial charge in [0, 0.05) is 17.8 Å². The molecule has 0 saturated heterocycles. The normalized spacial score (nSPS) is 17.0. The van der Waals surface area contributed by atoms with Gasteiger partial charge in [0.15, 0.2) is 0 Å². The van der Waals surface area contributed by atoms with E-state index in [1.807, 2.05) is 44.2 Å². The van der Waals surface area contributed by atoms with Crippen molar-refractivity contribution in [1.29, 1.82) is 0 Å². The number of rotatable bonds is 4. The second-order valence-corrected chi connectivity index (χ2v) is 6.47. The molecule has 0 radical (unpaired) electrons. The highest BCUT2D eigenvalue weighted by atomic mass is 19.1. The number of aromatic nitrogens is 2. The van der Waals surface area contributed by atoms with Gasteiger partial charge in [0.1, 0.15) is 5.82 Å². The first kappa shape index (κ1) is 17.9. The van der Waals surface area contributed by atoms with Crippen molar-refractivity contribution < 1.29 is 13.7 Å². The Bertz CT molecular complexity index is 1050. The maximum absolute atomic E-state index is 13.6. The molecule has 142 valence electrons. The lowest BCUT2D eigenvalue weighted by atomic mass is 9.95. The summed E-state index contributed by atoms with van der Waals surface area (Å²) in [6.07, 6.45) is 0. The van der Waals surface area contributed by atoms with Crippen molar-refractivity contribution in [2.24, 2.45) is 0 Å². The summed E-state index contributed by atoms with van der Waals surface area (Å²) < 4.78 is 19.1. The van der Waals surface area contributed by atoms with Crippen LogP contribution >= 0.6 is 0 Å². The topological polar surface area (TPSA) is 71.3 Å². The van der Waals surface area contributed by atoms with Gasteiger partial charge in [-0.3, -0.25) is 4.90 Å². The smallest absolute Gasteiger partial charge is 0.322 e. The number of carbonyl (C=O) groups is 1. The zero-order valence-corrected chi connectivity index (χ0v) is 15.5. The molecule has 0 saturated carbocycles. The number of halogens is 1. The van der Waals surface area contributed by atoms with Gasteiger partial charge in [-0.05, 0) is 31.5 Å². The van der Waals surface area contributed by atoms with Crippen LogP contribution in [0.4, 0.5) is 9.18 Å². The minimum absolute atomic E-state index is 0.178. The number of nitrogens with zero attached hydrogens (tertiary/aromatic N) is 3. The van der Waals surface area contributed by atoms with Crippen molar-refractivity contribution in [2.75, 3.05) is 6.54 Å². The van der Waals surface area contributed by atoms with E-state index in [1.54, 1.807) is 17.0 Å². The van der Waals surface area contributed by atoms with Crippen LogP contribution in [-0.4, -0.2) is 27.6 Å². The molecule has 2 heterocycles. The van der Waals surface area contributed by atoms with Gasteiger partial charge in [-0.1, -0.05) is 47.6 Å². The molecule has 0 aliphatic carbocycles. The molecule has 0 fully saturated rings. The van der Waals surface area contributed by atoms with Gasteiger partial charge in [-0.2, -0.15) is 4.98 Å². The van der Waals surface area contributed by atoms with Crippen molar-refractivity contribution in [3.05, 3.63) is 77.6 Å². The molecule has 28 heavy (non-hydrogen) atoms. The molecule has 1 aromatic heterocycles. The summed E-state index contributed by atoms with van der Waals surface area (Å²) in [7, 11) is 0. The van der Waals surface area contributed by atoms with Gasteiger partial charge in [-0.25, -0.2) is 9.18 Å². The van der Waals surface area contributed by atoms with Crippen LogP contribution in [0.1, 0.15) is 31.3 Å². The Morgan fingerprint density at radius 1 is 1.18 bits per heavy atom. The highest BCUT2D eigenvalue weighted by molar-refractivity contribution is 5.86. The molecule has 4 rings (SSSR count). The first-order valence-electron chi connectivity index (χ1n) is 9.02. The summed E-state index contributed by atoms with van der Waals surface area (Å²) in [5.41, 5.74) is 2.90. The van der Waals surface area contributed by atoms with Crippen molar-refractivity contribution in [2.45, 2.75) is 19.9 Å². The molecule has 3 aromatic rings. The lowest BCUT2D eigenvalue weighted by molar-refractivity contribution is 0.207. The fraction of sp³-hybridized carbons (Fsp3) is 0.190. The number of allylic oxidation sites excluding steroid dienone is 1. The van der Waals surface area contributed by atoms with E-state index in [1.165, 1.54) is 12.1 Å². The van der Waals surface area contributed by atoms with Gasteiger partial charge in [0.05, 0.1) is 11.6 Å². The maximum Gasteiger partial charge on any atom is 0.322 e. The fourth-order valence-corrected chi connectivity index (χ4v) is 3.41. The molecule has 2 amide bonds. The van der Waals surface area contributed by atoms with E-state index in [4.69, 9.17) is 4.52 Å². The van der Waals surface area contributed by atoms with Crippen LogP contribution in [0.25, 0.3) is 17.0 Å². The Hall–Kier alpha value is -3.48. The number of hydrogen-bond donors (Lipinski definition) is 1. The quantitative estimate of drug-likeness (QED) is 0.731. The monoisotopic (exact) mass is 378 g/mol.